The largest absolute Gasteiger partial charge is 0.481 e. The Labute approximate surface area is 115 Å². The van der Waals surface area contributed by atoms with Crippen LogP contribution in [0.3, 0.4) is 0 Å². The van der Waals surface area contributed by atoms with Crippen LogP contribution in [0.25, 0.3) is 0 Å². The fourth-order valence-electron chi connectivity index (χ4n) is 2.84. The summed E-state index contributed by atoms with van der Waals surface area (Å²) in [6.07, 6.45) is 0.314. The molecule has 3 unspecified atom stereocenters. The van der Waals surface area contributed by atoms with Gasteiger partial charge in [0.2, 0.25) is 0 Å². The second-order valence-corrected chi connectivity index (χ2v) is 5.80. The second-order valence-electron chi connectivity index (χ2n) is 4.88. The van der Waals surface area contributed by atoms with Gasteiger partial charge in [0.25, 0.3) is 0 Å². The topological polar surface area (TPSA) is 46.5 Å². The van der Waals surface area contributed by atoms with Crippen molar-refractivity contribution in [3.8, 4) is 0 Å². The molecule has 0 amide bonds. The van der Waals surface area contributed by atoms with Gasteiger partial charge in [0, 0.05) is 11.1 Å². The number of rotatable bonds is 3. The minimum Gasteiger partial charge on any atom is -0.481 e. The Morgan fingerprint density at radius 3 is 2.56 bits per heavy atom. The van der Waals surface area contributed by atoms with Gasteiger partial charge in [-0.1, -0.05) is 35.0 Å². The summed E-state index contributed by atoms with van der Waals surface area (Å²) in [5.41, 5.74) is 0.228. The molecule has 1 saturated heterocycles. The first-order valence-corrected chi connectivity index (χ1v) is 6.88. The Morgan fingerprint density at radius 1 is 1.50 bits per heavy atom. The predicted octanol–water partition coefficient (Wildman–Crippen LogP) is 3.43. The number of hydrogen-bond donors (Lipinski definition) is 1. The van der Waals surface area contributed by atoms with Gasteiger partial charge < -0.3 is 9.84 Å². The molecule has 1 aliphatic rings. The zero-order chi connectivity index (χ0) is 13.3. The number of carbonyl (C=O) groups is 1. The van der Waals surface area contributed by atoms with Crippen LogP contribution < -0.4 is 0 Å². The van der Waals surface area contributed by atoms with Gasteiger partial charge in [-0.15, -0.1) is 0 Å². The summed E-state index contributed by atoms with van der Waals surface area (Å²) in [5.74, 6) is -0.830. The van der Waals surface area contributed by atoms with Gasteiger partial charge in [-0.2, -0.15) is 0 Å². The number of carboxylic acids is 1. The van der Waals surface area contributed by atoms with E-state index < -0.39 is 11.4 Å². The number of benzene rings is 1. The molecular weight excluding hydrogens is 296 g/mol. The van der Waals surface area contributed by atoms with Crippen molar-refractivity contribution in [2.24, 2.45) is 5.41 Å². The van der Waals surface area contributed by atoms with Crippen LogP contribution in [0.1, 0.15) is 31.7 Å². The van der Waals surface area contributed by atoms with Gasteiger partial charge in [-0.05, 0) is 37.0 Å². The molecule has 3 nitrogen and oxygen atoms in total. The highest BCUT2D eigenvalue weighted by Gasteiger charge is 2.52. The predicted molar refractivity (Wildman–Crippen MR) is 72.7 cm³/mol. The molecule has 0 saturated carbocycles. The van der Waals surface area contributed by atoms with E-state index in [1.165, 1.54) is 0 Å². The normalized spacial score (nSPS) is 29.2. The van der Waals surface area contributed by atoms with Crippen molar-refractivity contribution in [2.75, 3.05) is 6.61 Å². The first-order chi connectivity index (χ1) is 8.48. The van der Waals surface area contributed by atoms with E-state index in [-0.39, 0.29) is 12.0 Å². The average molecular weight is 313 g/mol. The van der Waals surface area contributed by atoms with Crippen LogP contribution in [0.2, 0.25) is 0 Å². The highest BCUT2D eigenvalue weighted by molar-refractivity contribution is 9.10. The van der Waals surface area contributed by atoms with Crippen LogP contribution in [0.5, 0.6) is 0 Å². The first kappa shape index (κ1) is 13.6. The van der Waals surface area contributed by atoms with E-state index in [9.17, 15) is 9.90 Å². The SMILES string of the molecule is CC1OCCC1(C(=O)O)C(C)c1ccc(Br)cc1. The van der Waals surface area contributed by atoms with Gasteiger partial charge in [-0.25, -0.2) is 0 Å². The Bertz CT molecular complexity index is 443. The summed E-state index contributed by atoms with van der Waals surface area (Å²) in [7, 11) is 0. The smallest absolute Gasteiger partial charge is 0.312 e. The lowest BCUT2D eigenvalue weighted by Gasteiger charge is -2.34. The molecule has 0 radical (unpaired) electrons. The van der Waals surface area contributed by atoms with Gasteiger partial charge in [0.15, 0.2) is 0 Å². The van der Waals surface area contributed by atoms with Crippen LogP contribution in [0.4, 0.5) is 0 Å². The van der Waals surface area contributed by atoms with Crippen molar-refractivity contribution in [3.63, 3.8) is 0 Å². The lowest BCUT2D eigenvalue weighted by molar-refractivity contribution is -0.153. The first-order valence-electron chi connectivity index (χ1n) is 6.09. The summed E-state index contributed by atoms with van der Waals surface area (Å²) in [5, 5.41) is 9.63. The quantitative estimate of drug-likeness (QED) is 0.930. The molecule has 0 aliphatic carbocycles. The van der Waals surface area contributed by atoms with Gasteiger partial charge in [0.05, 0.1) is 6.10 Å². The third-order valence-electron chi connectivity index (χ3n) is 4.15. The number of carboxylic acid groups (broad SMARTS) is 1. The highest BCUT2D eigenvalue weighted by atomic mass is 79.9. The van der Waals surface area contributed by atoms with Gasteiger partial charge in [-0.3, -0.25) is 4.79 Å². The molecule has 18 heavy (non-hydrogen) atoms. The molecule has 1 aliphatic heterocycles. The van der Waals surface area contributed by atoms with E-state index in [1.54, 1.807) is 0 Å². The van der Waals surface area contributed by atoms with Crippen LogP contribution in [0.15, 0.2) is 28.7 Å². The molecule has 1 aromatic carbocycles. The van der Waals surface area contributed by atoms with Crippen molar-refractivity contribution in [2.45, 2.75) is 32.3 Å². The molecule has 98 valence electrons. The minimum atomic E-state index is -0.812. The maximum Gasteiger partial charge on any atom is 0.312 e. The van der Waals surface area contributed by atoms with Crippen molar-refractivity contribution in [3.05, 3.63) is 34.3 Å². The van der Waals surface area contributed by atoms with E-state index in [4.69, 9.17) is 4.74 Å². The lowest BCUT2D eigenvalue weighted by Crippen LogP contribution is -2.41. The van der Waals surface area contributed by atoms with Crippen molar-refractivity contribution >= 4 is 21.9 Å². The molecule has 0 spiro atoms. The molecule has 1 heterocycles. The third-order valence-corrected chi connectivity index (χ3v) is 4.68. The summed E-state index contributed by atoms with van der Waals surface area (Å²) in [6.45, 7) is 4.35. The number of hydrogen-bond acceptors (Lipinski definition) is 2. The molecule has 1 fully saturated rings. The standard InChI is InChI=1S/C14H17BrO3/c1-9(11-3-5-12(15)6-4-11)14(13(16)17)7-8-18-10(14)2/h3-6,9-10H,7-8H2,1-2H3,(H,16,17). The zero-order valence-corrected chi connectivity index (χ0v) is 12.1. The maximum absolute atomic E-state index is 11.7. The minimum absolute atomic E-state index is 0.0689. The van der Waals surface area contributed by atoms with Crippen molar-refractivity contribution in [1.82, 2.24) is 0 Å². The monoisotopic (exact) mass is 312 g/mol. The van der Waals surface area contributed by atoms with Crippen LogP contribution in [0, 0.1) is 5.41 Å². The highest BCUT2D eigenvalue weighted by Crippen LogP contribution is 2.47. The fraction of sp³-hybridized carbons (Fsp3) is 0.500. The van der Waals surface area contributed by atoms with E-state index in [1.807, 2.05) is 38.1 Å². The molecule has 1 aromatic rings. The molecule has 0 aromatic heterocycles. The summed E-state index contributed by atoms with van der Waals surface area (Å²) >= 11 is 3.39. The Balaban J connectivity index is 2.38. The van der Waals surface area contributed by atoms with Crippen LogP contribution >= 0.6 is 15.9 Å². The van der Waals surface area contributed by atoms with Crippen molar-refractivity contribution < 1.29 is 14.6 Å². The fourth-order valence-corrected chi connectivity index (χ4v) is 3.10. The zero-order valence-electron chi connectivity index (χ0n) is 10.5. The maximum atomic E-state index is 11.7. The third kappa shape index (κ3) is 2.08. The van der Waals surface area contributed by atoms with E-state index in [2.05, 4.69) is 15.9 Å². The van der Waals surface area contributed by atoms with Gasteiger partial charge >= 0.3 is 5.97 Å². The molecule has 2 rings (SSSR count). The number of halogens is 1. The van der Waals surface area contributed by atoms with Crippen molar-refractivity contribution in [1.29, 1.82) is 0 Å². The Hall–Kier alpha value is -0.870. The molecule has 4 heteroatoms. The number of aliphatic carboxylic acids is 1. The summed E-state index contributed by atoms with van der Waals surface area (Å²) < 4.78 is 6.51. The van der Waals surface area contributed by atoms with Crippen LogP contribution in [-0.2, 0) is 9.53 Å². The van der Waals surface area contributed by atoms with Gasteiger partial charge in [0.1, 0.15) is 5.41 Å². The summed E-state index contributed by atoms with van der Waals surface area (Å²) in [6, 6.07) is 7.85. The lowest BCUT2D eigenvalue weighted by atomic mass is 9.69. The van der Waals surface area contributed by atoms with E-state index >= 15 is 0 Å². The molecule has 1 N–H and O–H groups in total. The molecule has 0 bridgehead atoms. The second kappa shape index (κ2) is 5.02. The number of ether oxygens (including phenoxy) is 1. The summed E-state index contributed by atoms with van der Waals surface area (Å²) in [4.78, 5) is 11.7. The molecule has 3 atom stereocenters. The Kier molecular flexibility index (Phi) is 3.78. The average Bonchev–Trinajstić information content (AvgIpc) is 2.72. The van der Waals surface area contributed by atoms with E-state index in [0.29, 0.717) is 13.0 Å². The molecular formula is C14H17BrO3. The van der Waals surface area contributed by atoms with E-state index in [0.717, 1.165) is 10.0 Å². The Morgan fingerprint density at radius 2 is 2.11 bits per heavy atom. The van der Waals surface area contributed by atoms with Crippen LogP contribution in [-0.4, -0.2) is 23.8 Å².